The third kappa shape index (κ3) is 4.30. The van der Waals surface area contributed by atoms with Crippen molar-refractivity contribution < 1.29 is 35.9 Å². The van der Waals surface area contributed by atoms with Gasteiger partial charge < -0.3 is 4.74 Å². The summed E-state index contributed by atoms with van der Waals surface area (Å²) in [5.74, 6) is -1.57. The van der Waals surface area contributed by atoms with Gasteiger partial charge in [0.15, 0.2) is 0 Å². The highest BCUT2D eigenvalue weighted by molar-refractivity contribution is 8.00. The molecule has 3 nitrogen and oxygen atoms in total. The Kier molecular flexibility index (Phi) is 5.35. The number of carbonyl (C=O) groups is 1. The third-order valence-corrected chi connectivity index (χ3v) is 3.07. The maximum absolute atomic E-state index is 13.1. The normalized spacial score (nSPS) is 11.9. The number of thioether (sulfide) groups is 1. The van der Waals surface area contributed by atoms with Crippen molar-refractivity contribution in [2.24, 2.45) is 0 Å². The maximum Gasteiger partial charge on any atom is 0.446 e. The van der Waals surface area contributed by atoms with Crippen LogP contribution < -0.4 is 0 Å². The fraction of sp³-hybridized carbons (Fsp3) is 0.333. The summed E-state index contributed by atoms with van der Waals surface area (Å²) in [6.45, 7) is 0.957. The molecule has 0 N–H and O–H groups in total. The van der Waals surface area contributed by atoms with Gasteiger partial charge in [0, 0.05) is 4.90 Å². The molecule has 1 rings (SSSR count). The number of alkyl halides is 6. The lowest BCUT2D eigenvalue weighted by Gasteiger charge is -2.17. The van der Waals surface area contributed by atoms with Gasteiger partial charge in [0.05, 0.1) is 29.4 Å². The Hall–Kier alpha value is -1.89. The standard InChI is InChI=1S/C12H7F6NO2S/c1-2-21-10(20)8-7(22-12(16,17)18)4-3-6(5-19)9(8)11(13,14)15/h3-4H,2H2,1H3. The molecule has 0 aliphatic heterocycles. The number of nitrogens with zero attached hydrogens (tertiary/aromatic N) is 1. The van der Waals surface area contributed by atoms with Gasteiger partial charge in [0.1, 0.15) is 0 Å². The van der Waals surface area contributed by atoms with Crippen LogP contribution in [0.15, 0.2) is 17.0 Å². The fourth-order valence-corrected chi connectivity index (χ4v) is 2.26. The highest BCUT2D eigenvalue weighted by Crippen LogP contribution is 2.44. The first-order chi connectivity index (χ1) is 10.0. The van der Waals surface area contributed by atoms with E-state index in [4.69, 9.17) is 5.26 Å². The van der Waals surface area contributed by atoms with E-state index in [-0.39, 0.29) is 6.61 Å². The largest absolute Gasteiger partial charge is 0.462 e. The fourth-order valence-electron chi connectivity index (χ4n) is 1.59. The van der Waals surface area contributed by atoms with Crippen molar-refractivity contribution in [3.05, 3.63) is 28.8 Å². The molecule has 0 radical (unpaired) electrons. The summed E-state index contributed by atoms with van der Waals surface area (Å²) in [5, 5.41) is 8.71. The molecule has 0 fully saturated rings. The van der Waals surface area contributed by atoms with Gasteiger partial charge in [-0.1, -0.05) is 0 Å². The van der Waals surface area contributed by atoms with Crippen molar-refractivity contribution in [3.8, 4) is 6.07 Å². The lowest BCUT2D eigenvalue weighted by atomic mass is 10.0. The second-order valence-corrected chi connectivity index (χ2v) is 4.85. The first kappa shape index (κ1) is 18.2. The van der Waals surface area contributed by atoms with Crippen LogP contribution >= 0.6 is 11.8 Å². The molecule has 0 aliphatic rings. The number of benzene rings is 1. The Labute approximate surface area is 124 Å². The number of halogens is 6. The predicted octanol–water partition coefficient (Wildman–Crippen LogP) is 4.37. The van der Waals surface area contributed by atoms with Gasteiger partial charge in [-0.05, 0) is 30.8 Å². The van der Waals surface area contributed by atoms with Crippen LogP contribution in [0.5, 0.6) is 0 Å². The van der Waals surface area contributed by atoms with Gasteiger partial charge >= 0.3 is 17.7 Å². The summed E-state index contributed by atoms with van der Waals surface area (Å²) in [4.78, 5) is 10.7. The summed E-state index contributed by atoms with van der Waals surface area (Å²) < 4.78 is 80.9. The van der Waals surface area contributed by atoms with Crippen LogP contribution in [0, 0.1) is 11.3 Å². The van der Waals surface area contributed by atoms with Crippen LogP contribution in [-0.2, 0) is 10.9 Å². The zero-order valence-corrected chi connectivity index (χ0v) is 11.6. The predicted molar refractivity (Wildman–Crippen MR) is 64.0 cm³/mol. The molecule has 0 bridgehead atoms. The Morgan fingerprint density at radius 1 is 1.27 bits per heavy atom. The van der Waals surface area contributed by atoms with Crippen LogP contribution in [-0.4, -0.2) is 18.1 Å². The summed E-state index contributed by atoms with van der Waals surface area (Å²) in [6, 6.07) is 2.43. The monoisotopic (exact) mass is 343 g/mol. The summed E-state index contributed by atoms with van der Waals surface area (Å²) >= 11 is -0.879. The molecule has 0 heterocycles. The van der Waals surface area contributed by atoms with E-state index >= 15 is 0 Å². The number of esters is 1. The molecule has 0 aromatic heterocycles. The molecule has 1 aromatic carbocycles. The van der Waals surface area contributed by atoms with Crippen molar-refractivity contribution in [1.82, 2.24) is 0 Å². The van der Waals surface area contributed by atoms with Crippen molar-refractivity contribution in [2.45, 2.75) is 23.5 Å². The lowest BCUT2D eigenvalue weighted by Crippen LogP contribution is -2.19. The van der Waals surface area contributed by atoms with Crippen LogP contribution in [0.3, 0.4) is 0 Å². The molecule has 0 saturated carbocycles. The molecule has 0 spiro atoms. The smallest absolute Gasteiger partial charge is 0.446 e. The number of ether oxygens (including phenoxy) is 1. The SMILES string of the molecule is CCOC(=O)c1c(SC(F)(F)F)ccc(C#N)c1C(F)(F)F. The summed E-state index contributed by atoms with van der Waals surface area (Å²) in [5.41, 5.74) is -8.90. The second-order valence-electron chi connectivity index (χ2n) is 3.74. The molecule has 0 atom stereocenters. The van der Waals surface area contributed by atoms with Gasteiger partial charge in [-0.15, -0.1) is 0 Å². The van der Waals surface area contributed by atoms with E-state index in [1.165, 1.54) is 13.0 Å². The van der Waals surface area contributed by atoms with Gasteiger partial charge in [-0.3, -0.25) is 0 Å². The van der Waals surface area contributed by atoms with Crippen molar-refractivity contribution >= 4 is 17.7 Å². The zero-order chi connectivity index (χ0) is 17.1. The lowest BCUT2D eigenvalue weighted by molar-refractivity contribution is -0.138. The number of nitriles is 1. The van der Waals surface area contributed by atoms with Crippen LogP contribution in [0.25, 0.3) is 0 Å². The van der Waals surface area contributed by atoms with Crippen molar-refractivity contribution in [2.75, 3.05) is 6.61 Å². The van der Waals surface area contributed by atoms with E-state index in [9.17, 15) is 31.1 Å². The first-order valence-electron chi connectivity index (χ1n) is 5.58. The van der Waals surface area contributed by atoms with Crippen LogP contribution in [0.2, 0.25) is 0 Å². The average Bonchev–Trinajstić information content (AvgIpc) is 2.35. The van der Waals surface area contributed by atoms with E-state index < -0.39 is 51.0 Å². The molecule has 0 amide bonds. The zero-order valence-electron chi connectivity index (χ0n) is 10.8. The van der Waals surface area contributed by atoms with Crippen LogP contribution in [0.4, 0.5) is 26.3 Å². The number of carbonyl (C=O) groups excluding carboxylic acids is 1. The molecule has 120 valence electrons. The van der Waals surface area contributed by atoms with E-state index in [2.05, 4.69) is 4.74 Å². The minimum Gasteiger partial charge on any atom is -0.462 e. The van der Waals surface area contributed by atoms with Gasteiger partial charge in [-0.2, -0.15) is 31.6 Å². The minimum atomic E-state index is -5.19. The molecule has 0 unspecified atom stereocenters. The molecule has 1 aromatic rings. The summed E-state index contributed by atoms with van der Waals surface area (Å²) in [6.07, 6.45) is -5.19. The highest BCUT2D eigenvalue weighted by atomic mass is 32.2. The Morgan fingerprint density at radius 2 is 1.86 bits per heavy atom. The molecule has 0 saturated heterocycles. The summed E-state index contributed by atoms with van der Waals surface area (Å²) in [7, 11) is 0. The molecule has 22 heavy (non-hydrogen) atoms. The number of rotatable bonds is 3. The second kappa shape index (κ2) is 6.48. The van der Waals surface area contributed by atoms with Gasteiger partial charge in [0.25, 0.3) is 0 Å². The Balaban J connectivity index is 3.67. The topological polar surface area (TPSA) is 50.1 Å². The van der Waals surface area contributed by atoms with E-state index in [0.717, 1.165) is 0 Å². The third-order valence-electron chi connectivity index (χ3n) is 2.28. The molecular weight excluding hydrogens is 336 g/mol. The quantitative estimate of drug-likeness (QED) is 0.465. The Morgan fingerprint density at radius 3 is 2.27 bits per heavy atom. The number of hydrogen-bond donors (Lipinski definition) is 0. The number of hydrogen-bond acceptors (Lipinski definition) is 4. The highest BCUT2D eigenvalue weighted by Gasteiger charge is 2.42. The van der Waals surface area contributed by atoms with Crippen LogP contribution in [0.1, 0.15) is 28.4 Å². The molecule has 10 heteroatoms. The van der Waals surface area contributed by atoms with E-state index in [1.54, 1.807) is 0 Å². The minimum absolute atomic E-state index is 0.330. The van der Waals surface area contributed by atoms with Crippen molar-refractivity contribution in [3.63, 3.8) is 0 Å². The molecule has 0 aliphatic carbocycles. The Bertz CT molecular complexity index is 618. The van der Waals surface area contributed by atoms with Gasteiger partial charge in [0.2, 0.25) is 0 Å². The first-order valence-corrected chi connectivity index (χ1v) is 6.40. The average molecular weight is 343 g/mol. The van der Waals surface area contributed by atoms with Crippen molar-refractivity contribution in [1.29, 1.82) is 5.26 Å². The van der Waals surface area contributed by atoms with E-state index in [0.29, 0.717) is 12.1 Å². The van der Waals surface area contributed by atoms with Gasteiger partial charge in [-0.25, -0.2) is 4.79 Å². The molecular formula is C12H7F6NO2S. The van der Waals surface area contributed by atoms with E-state index in [1.807, 2.05) is 0 Å². The maximum atomic E-state index is 13.1.